The summed E-state index contributed by atoms with van der Waals surface area (Å²) < 4.78 is 0. The summed E-state index contributed by atoms with van der Waals surface area (Å²) in [5.41, 5.74) is 2.90. The average Bonchev–Trinajstić information content (AvgIpc) is 2.29. The van der Waals surface area contributed by atoms with Crippen molar-refractivity contribution < 1.29 is 0 Å². The lowest BCUT2D eigenvalue weighted by Gasteiger charge is -2.17. The molecule has 0 aromatic heterocycles. The topological polar surface area (TPSA) is 12.0 Å². The van der Waals surface area contributed by atoms with Crippen LogP contribution in [0.1, 0.15) is 24.0 Å². The van der Waals surface area contributed by atoms with Gasteiger partial charge in [-0.05, 0) is 17.5 Å². The largest absolute Gasteiger partial charge is 0.300 e. The summed E-state index contributed by atoms with van der Waals surface area (Å²) >= 11 is 6.19. The van der Waals surface area contributed by atoms with Crippen LogP contribution in [0.5, 0.6) is 0 Å². The molecule has 0 saturated carbocycles. The fraction of sp³-hybridized carbons (Fsp3) is 0.455. The summed E-state index contributed by atoms with van der Waals surface area (Å²) in [7, 11) is 0. The molecule has 2 rings (SSSR count). The number of benzene rings is 1. The Bertz CT molecular complexity index is 298. The van der Waals surface area contributed by atoms with E-state index in [1.54, 1.807) is 0 Å². The third-order valence-electron chi connectivity index (χ3n) is 2.72. The maximum absolute atomic E-state index is 6.19. The van der Waals surface area contributed by atoms with E-state index in [9.17, 15) is 0 Å². The maximum atomic E-state index is 6.19. The van der Waals surface area contributed by atoms with E-state index in [4.69, 9.17) is 11.6 Å². The van der Waals surface area contributed by atoms with E-state index < -0.39 is 0 Å². The highest BCUT2D eigenvalue weighted by atomic mass is 35.5. The predicted molar refractivity (Wildman–Crippen MR) is 56.2 cm³/mol. The molecule has 1 aromatic carbocycles. The van der Waals surface area contributed by atoms with Crippen LogP contribution in [0.2, 0.25) is 0 Å². The minimum Gasteiger partial charge on any atom is -0.300 e. The van der Waals surface area contributed by atoms with Crippen molar-refractivity contribution in [2.75, 3.05) is 6.54 Å². The molecule has 0 radical (unpaired) electrons. The summed E-state index contributed by atoms with van der Waals surface area (Å²) in [4.78, 5) is 0. The molecule has 0 spiro atoms. The van der Waals surface area contributed by atoms with E-state index in [1.165, 1.54) is 11.1 Å². The van der Waals surface area contributed by atoms with Crippen LogP contribution in [-0.2, 0) is 6.42 Å². The Hall–Kier alpha value is -0.530. The molecule has 1 N–H and O–H groups in total. The summed E-state index contributed by atoms with van der Waals surface area (Å²) in [6.45, 7) is 3.16. The van der Waals surface area contributed by atoms with Crippen LogP contribution in [0.25, 0.3) is 0 Å². The Morgan fingerprint density at radius 2 is 2.15 bits per heavy atom. The smallest absolute Gasteiger partial charge is 0.0892 e. The van der Waals surface area contributed by atoms with Crippen molar-refractivity contribution in [2.45, 2.75) is 24.8 Å². The lowest BCUT2D eigenvalue weighted by Crippen LogP contribution is -2.27. The summed E-state index contributed by atoms with van der Waals surface area (Å²) in [5.74, 6) is 0.403. The molecular formula is C11H14ClN. The number of hydrogen-bond donors (Lipinski definition) is 1. The van der Waals surface area contributed by atoms with E-state index in [1.807, 2.05) is 0 Å². The van der Waals surface area contributed by atoms with Crippen molar-refractivity contribution in [3.63, 3.8) is 0 Å². The molecule has 2 unspecified atom stereocenters. The standard InChI is InChI=1S/C11H14ClN/c1-8-10-5-3-2-4-9(10)6-7-13-11(8)12/h2-5,8,11,13H,6-7H2,1H3. The number of rotatable bonds is 0. The zero-order chi connectivity index (χ0) is 9.26. The van der Waals surface area contributed by atoms with Crippen molar-refractivity contribution in [3.05, 3.63) is 35.4 Å². The third-order valence-corrected chi connectivity index (χ3v) is 3.25. The van der Waals surface area contributed by atoms with E-state index >= 15 is 0 Å². The number of halogens is 1. The van der Waals surface area contributed by atoms with Crippen molar-refractivity contribution >= 4 is 11.6 Å². The lowest BCUT2D eigenvalue weighted by molar-refractivity contribution is 0.592. The SMILES string of the molecule is CC1c2ccccc2CCNC1Cl. The molecule has 0 aliphatic carbocycles. The van der Waals surface area contributed by atoms with Gasteiger partial charge in [0.1, 0.15) is 0 Å². The van der Waals surface area contributed by atoms with Gasteiger partial charge in [-0.25, -0.2) is 0 Å². The summed E-state index contributed by atoms with van der Waals surface area (Å²) in [6.07, 6.45) is 1.09. The molecule has 1 heterocycles. The van der Waals surface area contributed by atoms with Gasteiger partial charge >= 0.3 is 0 Å². The van der Waals surface area contributed by atoms with Crippen LogP contribution in [0.15, 0.2) is 24.3 Å². The highest BCUT2D eigenvalue weighted by Gasteiger charge is 2.21. The van der Waals surface area contributed by atoms with Gasteiger partial charge in [-0.3, -0.25) is 0 Å². The van der Waals surface area contributed by atoms with Gasteiger partial charge in [0.05, 0.1) is 5.50 Å². The number of hydrogen-bond acceptors (Lipinski definition) is 1. The van der Waals surface area contributed by atoms with Crippen LogP contribution in [0.3, 0.4) is 0 Å². The van der Waals surface area contributed by atoms with E-state index in [0.29, 0.717) is 5.92 Å². The second-order valence-corrected chi connectivity index (χ2v) is 4.06. The number of alkyl halides is 1. The minimum absolute atomic E-state index is 0.0728. The first-order valence-electron chi connectivity index (χ1n) is 4.74. The average molecular weight is 196 g/mol. The van der Waals surface area contributed by atoms with Crippen LogP contribution >= 0.6 is 11.6 Å². The first kappa shape index (κ1) is 9.04. The molecule has 0 fully saturated rings. The van der Waals surface area contributed by atoms with Crippen LogP contribution < -0.4 is 5.32 Å². The number of fused-ring (bicyclic) bond motifs is 1. The van der Waals surface area contributed by atoms with E-state index in [0.717, 1.165) is 13.0 Å². The second-order valence-electron chi connectivity index (χ2n) is 3.59. The Balaban J connectivity index is 2.40. The summed E-state index contributed by atoms with van der Waals surface area (Å²) in [5, 5.41) is 3.31. The Kier molecular flexibility index (Phi) is 2.56. The van der Waals surface area contributed by atoms with Crippen molar-refractivity contribution in [3.8, 4) is 0 Å². The van der Waals surface area contributed by atoms with Gasteiger partial charge in [0.15, 0.2) is 0 Å². The van der Waals surface area contributed by atoms with Crippen LogP contribution in [0.4, 0.5) is 0 Å². The molecule has 1 nitrogen and oxygen atoms in total. The van der Waals surface area contributed by atoms with Crippen molar-refractivity contribution in [1.82, 2.24) is 5.32 Å². The van der Waals surface area contributed by atoms with E-state index in [-0.39, 0.29) is 5.50 Å². The van der Waals surface area contributed by atoms with E-state index in [2.05, 4.69) is 36.5 Å². The zero-order valence-electron chi connectivity index (χ0n) is 7.76. The third kappa shape index (κ3) is 1.72. The quantitative estimate of drug-likeness (QED) is 0.496. The van der Waals surface area contributed by atoms with Gasteiger partial charge in [0, 0.05) is 12.5 Å². The molecule has 0 saturated heterocycles. The first-order chi connectivity index (χ1) is 6.29. The van der Waals surface area contributed by atoms with Crippen LogP contribution in [0, 0.1) is 0 Å². The minimum atomic E-state index is 0.0728. The van der Waals surface area contributed by atoms with Gasteiger partial charge < -0.3 is 5.32 Å². The fourth-order valence-electron chi connectivity index (χ4n) is 1.89. The van der Waals surface area contributed by atoms with Gasteiger partial charge in [-0.1, -0.05) is 31.2 Å². The van der Waals surface area contributed by atoms with Gasteiger partial charge in [0.2, 0.25) is 0 Å². The lowest BCUT2D eigenvalue weighted by atomic mass is 9.95. The molecule has 1 aliphatic rings. The van der Waals surface area contributed by atoms with Crippen molar-refractivity contribution in [2.24, 2.45) is 0 Å². The monoisotopic (exact) mass is 195 g/mol. The Labute approximate surface area is 84.1 Å². The number of nitrogens with one attached hydrogen (secondary N) is 1. The highest BCUT2D eigenvalue weighted by Crippen LogP contribution is 2.27. The van der Waals surface area contributed by atoms with Gasteiger partial charge in [-0.15, -0.1) is 11.6 Å². The highest BCUT2D eigenvalue weighted by molar-refractivity contribution is 6.20. The molecule has 2 atom stereocenters. The normalized spacial score (nSPS) is 27.8. The molecular weight excluding hydrogens is 182 g/mol. The molecule has 70 valence electrons. The fourth-order valence-corrected chi connectivity index (χ4v) is 2.13. The second kappa shape index (κ2) is 3.69. The zero-order valence-corrected chi connectivity index (χ0v) is 8.51. The summed E-state index contributed by atoms with van der Waals surface area (Å²) in [6, 6.07) is 8.56. The molecule has 2 heteroatoms. The van der Waals surface area contributed by atoms with Crippen LogP contribution in [-0.4, -0.2) is 12.0 Å². The Morgan fingerprint density at radius 1 is 1.38 bits per heavy atom. The maximum Gasteiger partial charge on any atom is 0.0892 e. The Morgan fingerprint density at radius 3 is 3.00 bits per heavy atom. The molecule has 0 amide bonds. The van der Waals surface area contributed by atoms with Gasteiger partial charge in [0.25, 0.3) is 0 Å². The molecule has 13 heavy (non-hydrogen) atoms. The van der Waals surface area contributed by atoms with Gasteiger partial charge in [-0.2, -0.15) is 0 Å². The van der Waals surface area contributed by atoms with Crippen molar-refractivity contribution in [1.29, 1.82) is 0 Å². The first-order valence-corrected chi connectivity index (χ1v) is 5.18. The molecule has 0 bridgehead atoms. The molecule has 1 aromatic rings. The predicted octanol–water partition coefficient (Wildman–Crippen LogP) is 2.50. The molecule has 1 aliphatic heterocycles.